The second-order valence-electron chi connectivity index (χ2n) is 10.2. The second-order valence-corrected chi connectivity index (χ2v) is 10.2. The Morgan fingerprint density at radius 2 is 1.65 bits per heavy atom. The van der Waals surface area contributed by atoms with Crippen LogP contribution in [0.1, 0.15) is 61.3 Å². The first kappa shape index (κ1) is 25.3. The molecular formula is C29H39N7O. The summed E-state index contributed by atoms with van der Waals surface area (Å²) in [7, 11) is 1.67. The molecule has 3 aromatic rings. The molecule has 8 heteroatoms. The summed E-state index contributed by atoms with van der Waals surface area (Å²) in [4.78, 5) is 7.45. The molecule has 1 atom stereocenters. The van der Waals surface area contributed by atoms with Gasteiger partial charge in [-0.05, 0) is 61.2 Å². The fourth-order valence-corrected chi connectivity index (χ4v) is 5.06. The maximum absolute atomic E-state index is 6.81. The number of nitrogens with one attached hydrogen (secondary N) is 2. The summed E-state index contributed by atoms with van der Waals surface area (Å²) in [5, 5.41) is 11.7. The van der Waals surface area contributed by atoms with Crippen LogP contribution in [0.4, 0.5) is 5.82 Å². The van der Waals surface area contributed by atoms with E-state index in [-0.39, 0.29) is 0 Å². The number of benzene rings is 2. The lowest BCUT2D eigenvalue weighted by molar-refractivity contribution is 0.331. The number of fused-ring (bicyclic) bond motifs is 1. The van der Waals surface area contributed by atoms with Crippen LogP contribution in [0.2, 0.25) is 0 Å². The van der Waals surface area contributed by atoms with Crippen molar-refractivity contribution in [3.63, 3.8) is 0 Å². The normalized spacial score (nSPS) is 20.5. The summed E-state index contributed by atoms with van der Waals surface area (Å²) in [6.07, 6.45) is 7.36. The largest absolute Gasteiger partial charge is 0.497 e. The first-order chi connectivity index (χ1) is 18.0. The summed E-state index contributed by atoms with van der Waals surface area (Å²) < 4.78 is 7.28. The number of hydrogen-bond acceptors (Lipinski definition) is 6. The van der Waals surface area contributed by atoms with E-state index in [1.54, 1.807) is 7.11 Å². The van der Waals surface area contributed by atoms with Crippen LogP contribution in [-0.4, -0.2) is 46.5 Å². The molecule has 1 aromatic heterocycles. The molecule has 0 amide bonds. The van der Waals surface area contributed by atoms with E-state index in [0.717, 1.165) is 54.3 Å². The molecule has 8 nitrogen and oxygen atoms in total. The molecular weight excluding hydrogens is 462 g/mol. The molecule has 2 aliphatic rings. The highest BCUT2D eigenvalue weighted by molar-refractivity contribution is 6.05. The van der Waals surface area contributed by atoms with Gasteiger partial charge in [0.1, 0.15) is 17.4 Å². The van der Waals surface area contributed by atoms with Crippen molar-refractivity contribution in [2.45, 2.75) is 64.4 Å². The van der Waals surface area contributed by atoms with Crippen LogP contribution >= 0.6 is 0 Å². The number of ether oxygens (including phenoxy) is 1. The van der Waals surface area contributed by atoms with Crippen LogP contribution < -0.4 is 21.1 Å². The highest BCUT2D eigenvalue weighted by Crippen LogP contribution is 2.27. The molecule has 1 fully saturated rings. The predicted molar refractivity (Wildman–Crippen MR) is 149 cm³/mol. The average Bonchev–Trinajstić information content (AvgIpc) is 3.57. The Labute approximate surface area is 219 Å². The summed E-state index contributed by atoms with van der Waals surface area (Å²) in [6, 6.07) is 16.9. The van der Waals surface area contributed by atoms with Crippen LogP contribution in [0.25, 0.3) is 0 Å². The fourth-order valence-electron chi connectivity index (χ4n) is 5.06. The zero-order valence-electron chi connectivity index (χ0n) is 22.0. The molecule has 1 saturated heterocycles. The Morgan fingerprint density at radius 1 is 0.973 bits per heavy atom. The third-order valence-electron chi connectivity index (χ3n) is 7.24. The average molecular weight is 502 g/mol. The van der Waals surface area contributed by atoms with Crippen molar-refractivity contribution in [2.75, 3.05) is 25.5 Å². The Kier molecular flexibility index (Phi) is 7.76. The van der Waals surface area contributed by atoms with Crippen molar-refractivity contribution >= 4 is 11.7 Å². The van der Waals surface area contributed by atoms with Gasteiger partial charge in [-0.3, -0.25) is 15.6 Å². The standard InChI is InChI=1S/C29H39N7O/c1-3-4-15-29(30)33-27(31-18-22-11-13-25(37-2)14-12-22)26-19-32-36(28(26)34-29)21-24-9-7-23(8-10-24)20-35-16-5-6-17-35/h7-14,19,34H,3-6,15-18,20-21,30H2,1-2H3,(H,31,33). The summed E-state index contributed by atoms with van der Waals surface area (Å²) >= 11 is 0. The van der Waals surface area contributed by atoms with E-state index in [2.05, 4.69) is 46.7 Å². The van der Waals surface area contributed by atoms with E-state index in [9.17, 15) is 0 Å². The third kappa shape index (κ3) is 6.14. The lowest BCUT2D eigenvalue weighted by atomic mass is 10.1. The lowest BCUT2D eigenvalue weighted by Gasteiger charge is -2.38. The number of rotatable bonds is 10. The fraction of sp³-hybridized carbons (Fsp3) is 0.448. The summed E-state index contributed by atoms with van der Waals surface area (Å²) in [6.45, 7) is 6.84. The molecule has 0 bridgehead atoms. The minimum Gasteiger partial charge on any atom is -0.497 e. The van der Waals surface area contributed by atoms with Gasteiger partial charge in [-0.2, -0.15) is 5.10 Å². The van der Waals surface area contributed by atoms with Crippen molar-refractivity contribution < 1.29 is 4.74 Å². The molecule has 0 spiro atoms. The van der Waals surface area contributed by atoms with E-state index in [1.807, 2.05) is 35.1 Å². The number of likely N-dealkylation sites (tertiary alicyclic amines) is 1. The van der Waals surface area contributed by atoms with Gasteiger partial charge in [-0.15, -0.1) is 0 Å². The van der Waals surface area contributed by atoms with Crippen LogP contribution in [0, 0.1) is 0 Å². The molecule has 0 saturated carbocycles. The number of aliphatic imine (C=N–C) groups is 1. The van der Waals surface area contributed by atoms with Gasteiger partial charge < -0.3 is 15.4 Å². The van der Waals surface area contributed by atoms with E-state index in [4.69, 9.17) is 20.6 Å². The molecule has 5 rings (SSSR count). The van der Waals surface area contributed by atoms with E-state index in [0.29, 0.717) is 13.1 Å². The van der Waals surface area contributed by atoms with Crippen LogP contribution in [0.3, 0.4) is 0 Å². The van der Waals surface area contributed by atoms with Gasteiger partial charge in [0.2, 0.25) is 0 Å². The van der Waals surface area contributed by atoms with Gasteiger partial charge in [-0.1, -0.05) is 49.7 Å². The molecule has 0 radical (unpaired) electrons. The minimum atomic E-state index is -0.779. The Morgan fingerprint density at radius 3 is 2.32 bits per heavy atom. The van der Waals surface area contributed by atoms with Crippen molar-refractivity contribution in [3.8, 4) is 5.75 Å². The van der Waals surface area contributed by atoms with Crippen LogP contribution in [0.5, 0.6) is 5.75 Å². The SMILES string of the molecule is CCCCC1(N)NC(=NCc2ccc(OC)cc2)c2cnn(Cc3ccc(CN4CCCC4)cc3)c2N1. The van der Waals surface area contributed by atoms with Gasteiger partial charge in [0.25, 0.3) is 0 Å². The molecule has 2 aromatic carbocycles. The molecule has 0 aliphatic carbocycles. The number of unbranched alkanes of at least 4 members (excludes halogenated alkanes) is 1. The quantitative estimate of drug-likeness (QED) is 0.384. The molecule has 4 N–H and O–H groups in total. The number of nitrogens with zero attached hydrogens (tertiary/aromatic N) is 4. The van der Waals surface area contributed by atoms with Crippen molar-refractivity contribution in [1.29, 1.82) is 0 Å². The van der Waals surface area contributed by atoms with Crippen LogP contribution in [0.15, 0.2) is 59.7 Å². The zero-order valence-corrected chi connectivity index (χ0v) is 22.0. The van der Waals surface area contributed by atoms with Gasteiger partial charge in [0.05, 0.1) is 32.0 Å². The molecule has 1 unspecified atom stereocenters. The summed E-state index contributed by atoms with van der Waals surface area (Å²) in [5.41, 5.74) is 11.4. The smallest absolute Gasteiger partial charge is 0.163 e. The monoisotopic (exact) mass is 501 g/mol. The Bertz CT molecular complexity index is 1200. The van der Waals surface area contributed by atoms with Gasteiger partial charge in [-0.25, -0.2) is 4.68 Å². The highest BCUT2D eigenvalue weighted by Gasteiger charge is 2.34. The first-order valence-electron chi connectivity index (χ1n) is 13.4. The van der Waals surface area contributed by atoms with Crippen LogP contribution in [-0.2, 0) is 19.6 Å². The number of anilines is 1. The van der Waals surface area contributed by atoms with Crippen molar-refractivity contribution in [1.82, 2.24) is 20.0 Å². The topological polar surface area (TPSA) is 92.7 Å². The number of nitrogens with two attached hydrogens (primary N) is 1. The Balaban J connectivity index is 1.35. The number of methoxy groups -OCH3 is 1. The lowest BCUT2D eigenvalue weighted by Crippen LogP contribution is -2.64. The van der Waals surface area contributed by atoms with Gasteiger partial charge in [0, 0.05) is 13.0 Å². The molecule has 2 aliphatic heterocycles. The van der Waals surface area contributed by atoms with Gasteiger partial charge in [0.15, 0.2) is 5.79 Å². The minimum absolute atomic E-state index is 0.541. The zero-order chi connectivity index (χ0) is 25.7. The molecule has 196 valence electrons. The number of hydrogen-bond donors (Lipinski definition) is 3. The number of aromatic nitrogens is 2. The Hall–Kier alpha value is -3.36. The van der Waals surface area contributed by atoms with Crippen molar-refractivity contribution in [2.24, 2.45) is 10.7 Å². The molecule has 3 heterocycles. The predicted octanol–water partition coefficient (Wildman–Crippen LogP) is 4.30. The second kappa shape index (κ2) is 11.4. The van der Waals surface area contributed by atoms with Gasteiger partial charge >= 0.3 is 0 Å². The first-order valence-corrected chi connectivity index (χ1v) is 13.4. The van der Waals surface area contributed by atoms with E-state index < -0.39 is 5.79 Å². The van der Waals surface area contributed by atoms with Crippen molar-refractivity contribution in [3.05, 3.63) is 77.0 Å². The van der Waals surface area contributed by atoms with E-state index in [1.165, 1.54) is 37.1 Å². The highest BCUT2D eigenvalue weighted by atomic mass is 16.5. The maximum Gasteiger partial charge on any atom is 0.163 e. The number of amidine groups is 1. The third-order valence-corrected chi connectivity index (χ3v) is 7.24. The molecule has 37 heavy (non-hydrogen) atoms. The maximum atomic E-state index is 6.81. The summed E-state index contributed by atoms with van der Waals surface area (Å²) in [5.74, 6) is 1.74. The van der Waals surface area contributed by atoms with E-state index >= 15 is 0 Å².